The van der Waals surface area contributed by atoms with Gasteiger partial charge in [-0.05, 0) is 18.4 Å². The Morgan fingerprint density at radius 2 is 1.87 bits per heavy atom. The van der Waals surface area contributed by atoms with E-state index in [0.29, 0.717) is 6.04 Å². The molecule has 0 spiro atoms. The molecule has 2 atom stereocenters. The minimum absolute atomic E-state index is 0.263. The first kappa shape index (κ1) is 10.4. The number of aliphatic imine (C=N–C) groups is 1. The Morgan fingerprint density at radius 1 is 1.13 bits per heavy atom. The van der Waals surface area contributed by atoms with Crippen LogP contribution in [0.25, 0.3) is 0 Å². The van der Waals surface area contributed by atoms with Crippen molar-refractivity contribution < 1.29 is 0 Å². The van der Waals surface area contributed by atoms with Crippen LogP contribution in [0.5, 0.6) is 0 Å². The van der Waals surface area contributed by atoms with Crippen molar-refractivity contribution in [3.63, 3.8) is 0 Å². The maximum absolute atomic E-state index is 6.03. The molecule has 1 aromatic rings. The highest BCUT2D eigenvalue weighted by Gasteiger charge is 2.19. The van der Waals surface area contributed by atoms with E-state index in [1.807, 2.05) is 24.4 Å². The van der Waals surface area contributed by atoms with E-state index < -0.39 is 0 Å². The van der Waals surface area contributed by atoms with Gasteiger partial charge in [0.2, 0.25) is 0 Å². The zero-order chi connectivity index (χ0) is 10.5. The van der Waals surface area contributed by atoms with Gasteiger partial charge in [0.05, 0.1) is 6.04 Å². The Hall–Kier alpha value is -1.15. The lowest BCUT2D eigenvalue weighted by molar-refractivity contribution is 0.387. The number of nitrogens with zero attached hydrogens (tertiary/aromatic N) is 1. The maximum Gasteiger partial charge on any atom is 0.0650 e. The third kappa shape index (κ3) is 2.90. The van der Waals surface area contributed by atoms with Crippen molar-refractivity contribution in [2.45, 2.75) is 37.8 Å². The molecule has 2 heteroatoms. The number of nitrogens with two attached hydrogens (primary N) is 1. The zero-order valence-electron chi connectivity index (χ0n) is 8.97. The van der Waals surface area contributed by atoms with Gasteiger partial charge in [0.15, 0.2) is 0 Å². The van der Waals surface area contributed by atoms with Crippen LogP contribution in [-0.4, -0.2) is 18.3 Å². The number of benzene rings is 1. The molecule has 2 nitrogen and oxygen atoms in total. The molecule has 0 aromatic heterocycles. The summed E-state index contributed by atoms with van der Waals surface area (Å²) in [4.78, 5) is 4.58. The summed E-state index contributed by atoms with van der Waals surface area (Å²) in [6.07, 6.45) is 6.75. The molecule has 0 saturated heterocycles. The van der Waals surface area contributed by atoms with Crippen LogP contribution in [0.1, 0.15) is 31.2 Å². The largest absolute Gasteiger partial charge is 0.326 e. The standard InChI is InChI=1S/C13H18N2/c14-12-8-4-5-9-13(12)15-10-11-6-2-1-3-7-11/h1-3,6-7,10,12-13H,4-5,8-9,14H2/t12-,13-/m0/s1. The predicted octanol–water partition coefficient (Wildman–Crippen LogP) is 2.38. The Bertz CT molecular complexity index is 319. The highest BCUT2D eigenvalue weighted by atomic mass is 14.9. The van der Waals surface area contributed by atoms with Crippen molar-refractivity contribution in [2.24, 2.45) is 10.7 Å². The fraction of sp³-hybridized carbons (Fsp3) is 0.462. The average Bonchev–Trinajstić information content (AvgIpc) is 2.29. The zero-order valence-corrected chi connectivity index (χ0v) is 8.97. The van der Waals surface area contributed by atoms with E-state index in [2.05, 4.69) is 17.1 Å². The van der Waals surface area contributed by atoms with E-state index in [-0.39, 0.29) is 6.04 Å². The minimum atomic E-state index is 0.263. The lowest BCUT2D eigenvalue weighted by Gasteiger charge is -2.24. The van der Waals surface area contributed by atoms with Crippen molar-refractivity contribution in [1.29, 1.82) is 0 Å². The molecule has 0 bridgehead atoms. The van der Waals surface area contributed by atoms with Gasteiger partial charge < -0.3 is 5.73 Å². The molecule has 0 aliphatic heterocycles. The van der Waals surface area contributed by atoms with E-state index >= 15 is 0 Å². The molecular weight excluding hydrogens is 184 g/mol. The van der Waals surface area contributed by atoms with Gasteiger partial charge in [-0.3, -0.25) is 4.99 Å². The lowest BCUT2D eigenvalue weighted by Crippen LogP contribution is -2.36. The lowest BCUT2D eigenvalue weighted by atomic mass is 9.91. The van der Waals surface area contributed by atoms with Crippen LogP contribution >= 0.6 is 0 Å². The molecule has 0 heterocycles. The van der Waals surface area contributed by atoms with Gasteiger partial charge in [-0.2, -0.15) is 0 Å². The summed E-state index contributed by atoms with van der Waals surface area (Å²) in [5.41, 5.74) is 7.19. The quantitative estimate of drug-likeness (QED) is 0.735. The normalized spacial score (nSPS) is 27.0. The molecule has 0 radical (unpaired) electrons. The second kappa shape index (κ2) is 5.08. The SMILES string of the molecule is N[C@H]1CCCC[C@@H]1N=Cc1ccccc1. The molecule has 2 N–H and O–H groups in total. The molecule has 80 valence electrons. The van der Waals surface area contributed by atoms with Gasteiger partial charge in [-0.15, -0.1) is 0 Å². The van der Waals surface area contributed by atoms with Crippen LogP contribution < -0.4 is 5.73 Å². The van der Waals surface area contributed by atoms with Gasteiger partial charge in [0.25, 0.3) is 0 Å². The van der Waals surface area contributed by atoms with Crippen LogP contribution in [0.15, 0.2) is 35.3 Å². The van der Waals surface area contributed by atoms with Gasteiger partial charge >= 0.3 is 0 Å². The first-order valence-corrected chi connectivity index (χ1v) is 5.70. The van der Waals surface area contributed by atoms with E-state index in [0.717, 1.165) is 18.4 Å². The smallest absolute Gasteiger partial charge is 0.0650 e. The van der Waals surface area contributed by atoms with Crippen LogP contribution in [0.2, 0.25) is 0 Å². The van der Waals surface area contributed by atoms with E-state index in [9.17, 15) is 0 Å². The fourth-order valence-electron chi connectivity index (χ4n) is 2.05. The average molecular weight is 202 g/mol. The van der Waals surface area contributed by atoms with Crippen molar-refractivity contribution >= 4 is 6.21 Å². The topological polar surface area (TPSA) is 38.4 Å². The van der Waals surface area contributed by atoms with Crippen molar-refractivity contribution in [3.05, 3.63) is 35.9 Å². The van der Waals surface area contributed by atoms with Crippen molar-refractivity contribution in [2.75, 3.05) is 0 Å². The minimum Gasteiger partial charge on any atom is -0.326 e. The Balaban J connectivity index is 1.98. The molecular formula is C13H18N2. The Kier molecular flexibility index (Phi) is 3.51. The summed E-state index contributed by atoms with van der Waals surface area (Å²) >= 11 is 0. The van der Waals surface area contributed by atoms with Crippen LogP contribution in [0, 0.1) is 0 Å². The van der Waals surface area contributed by atoms with Gasteiger partial charge in [0.1, 0.15) is 0 Å². The third-order valence-electron chi connectivity index (χ3n) is 3.00. The highest BCUT2D eigenvalue weighted by Crippen LogP contribution is 2.19. The van der Waals surface area contributed by atoms with Gasteiger partial charge in [0, 0.05) is 12.3 Å². The number of rotatable bonds is 2. The molecule has 0 unspecified atom stereocenters. The maximum atomic E-state index is 6.03. The van der Waals surface area contributed by atoms with E-state index in [1.165, 1.54) is 12.8 Å². The predicted molar refractivity (Wildman–Crippen MR) is 64.3 cm³/mol. The molecule has 2 rings (SSSR count). The molecule has 0 amide bonds. The van der Waals surface area contributed by atoms with Gasteiger partial charge in [-0.1, -0.05) is 43.2 Å². The van der Waals surface area contributed by atoms with E-state index in [1.54, 1.807) is 0 Å². The molecule has 15 heavy (non-hydrogen) atoms. The molecule has 1 aliphatic carbocycles. The number of hydrogen-bond donors (Lipinski definition) is 1. The molecule has 1 fully saturated rings. The first-order valence-electron chi connectivity index (χ1n) is 5.70. The monoisotopic (exact) mass is 202 g/mol. The van der Waals surface area contributed by atoms with Crippen LogP contribution in [-0.2, 0) is 0 Å². The molecule has 1 aliphatic rings. The van der Waals surface area contributed by atoms with Crippen LogP contribution in [0.4, 0.5) is 0 Å². The molecule has 1 aromatic carbocycles. The van der Waals surface area contributed by atoms with Crippen LogP contribution in [0.3, 0.4) is 0 Å². The van der Waals surface area contributed by atoms with E-state index in [4.69, 9.17) is 5.73 Å². The van der Waals surface area contributed by atoms with Gasteiger partial charge in [-0.25, -0.2) is 0 Å². The summed E-state index contributed by atoms with van der Waals surface area (Å²) in [5.74, 6) is 0. The number of hydrogen-bond acceptors (Lipinski definition) is 2. The second-order valence-electron chi connectivity index (χ2n) is 4.20. The highest BCUT2D eigenvalue weighted by molar-refractivity contribution is 5.79. The summed E-state index contributed by atoms with van der Waals surface area (Å²) in [7, 11) is 0. The Morgan fingerprint density at radius 3 is 2.60 bits per heavy atom. The summed E-state index contributed by atoms with van der Waals surface area (Å²) in [6, 6.07) is 10.8. The summed E-state index contributed by atoms with van der Waals surface area (Å²) in [5, 5.41) is 0. The first-order chi connectivity index (χ1) is 7.36. The fourth-order valence-corrected chi connectivity index (χ4v) is 2.05. The summed E-state index contributed by atoms with van der Waals surface area (Å²) < 4.78 is 0. The third-order valence-corrected chi connectivity index (χ3v) is 3.00. The second-order valence-corrected chi connectivity index (χ2v) is 4.20. The molecule has 1 saturated carbocycles. The van der Waals surface area contributed by atoms with Crippen molar-refractivity contribution in [3.8, 4) is 0 Å². The summed E-state index contributed by atoms with van der Waals surface area (Å²) in [6.45, 7) is 0. The Labute approximate surface area is 91.2 Å². The van der Waals surface area contributed by atoms with Crippen molar-refractivity contribution in [1.82, 2.24) is 0 Å².